The van der Waals surface area contributed by atoms with Gasteiger partial charge in [-0.2, -0.15) is 0 Å². The highest BCUT2D eigenvalue weighted by Gasteiger charge is 2.55. The van der Waals surface area contributed by atoms with Crippen LogP contribution >= 0.6 is 0 Å². The minimum atomic E-state index is 0.762. The van der Waals surface area contributed by atoms with E-state index in [9.17, 15) is 0 Å². The van der Waals surface area contributed by atoms with Gasteiger partial charge in [0.2, 0.25) is 0 Å². The van der Waals surface area contributed by atoms with E-state index >= 15 is 0 Å². The first kappa shape index (κ1) is 10.1. The molecule has 1 spiro atoms. The van der Waals surface area contributed by atoms with Crippen LogP contribution in [0, 0.1) is 17.3 Å². The van der Waals surface area contributed by atoms with Crippen LogP contribution in [0.2, 0.25) is 0 Å². The van der Waals surface area contributed by atoms with Gasteiger partial charge in [-0.15, -0.1) is 0 Å². The van der Waals surface area contributed by atoms with Gasteiger partial charge in [-0.25, -0.2) is 0 Å². The van der Waals surface area contributed by atoms with E-state index in [1.165, 1.54) is 32.4 Å². The van der Waals surface area contributed by atoms with Crippen LogP contribution in [0.5, 0.6) is 0 Å². The molecule has 2 saturated carbocycles. The molecule has 0 radical (unpaired) electrons. The van der Waals surface area contributed by atoms with Crippen molar-refractivity contribution in [1.82, 2.24) is 4.90 Å². The minimum Gasteiger partial charge on any atom is -0.301 e. The Morgan fingerprint density at radius 1 is 1.13 bits per heavy atom. The fraction of sp³-hybridized carbons (Fsp3) is 1.00. The molecule has 2 atom stereocenters. The lowest BCUT2D eigenvalue weighted by Gasteiger charge is -2.46. The third kappa shape index (κ3) is 1.63. The number of hydrogen-bond acceptors (Lipinski definition) is 1. The molecule has 15 heavy (non-hydrogen) atoms. The smallest absolute Gasteiger partial charge is 0.00385 e. The standard InChI is InChI=1S/C14H25N/c1-11(2)15-8-4-12-10-13(12)14(7-9-15)5-3-6-14/h11-13H,3-10H2,1-2H3. The molecule has 2 unspecified atom stereocenters. The van der Waals surface area contributed by atoms with Crippen molar-refractivity contribution in [3.05, 3.63) is 0 Å². The van der Waals surface area contributed by atoms with Crippen LogP contribution in [0.4, 0.5) is 0 Å². The number of likely N-dealkylation sites (tertiary alicyclic amines) is 1. The molecule has 2 aliphatic carbocycles. The minimum absolute atomic E-state index is 0.762. The second kappa shape index (κ2) is 3.48. The van der Waals surface area contributed by atoms with E-state index in [1.54, 1.807) is 19.3 Å². The van der Waals surface area contributed by atoms with Crippen molar-refractivity contribution in [3.8, 4) is 0 Å². The van der Waals surface area contributed by atoms with Crippen molar-refractivity contribution in [2.45, 2.75) is 58.4 Å². The predicted molar refractivity (Wildman–Crippen MR) is 63.8 cm³/mol. The Kier molecular flexibility index (Phi) is 2.35. The van der Waals surface area contributed by atoms with Gasteiger partial charge in [-0.1, -0.05) is 6.42 Å². The summed E-state index contributed by atoms with van der Waals surface area (Å²) in [6.07, 6.45) is 9.20. The summed E-state index contributed by atoms with van der Waals surface area (Å²) in [7, 11) is 0. The van der Waals surface area contributed by atoms with Gasteiger partial charge in [-0.05, 0) is 76.3 Å². The zero-order valence-corrected chi connectivity index (χ0v) is 10.3. The van der Waals surface area contributed by atoms with E-state index in [0.717, 1.165) is 23.3 Å². The molecule has 1 saturated heterocycles. The first-order valence-corrected chi connectivity index (χ1v) is 6.95. The topological polar surface area (TPSA) is 3.24 Å². The van der Waals surface area contributed by atoms with Crippen LogP contribution in [0.3, 0.4) is 0 Å². The van der Waals surface area contributed by atoms with Crippen LogP contribution in [0.15, 0.2) is 0 Å². The van der Waals surface area contributed by atoms with Crippen LogP contribution in [-0.4, -0.2) is 24.0 Å². The molecule has 1 heteroatoms. The summed E-state index contributed by atoms with van der Waals surface area (Å²) in [6.45, 7) is 7.47. The second-order valence-electron chi connectivity index (χ2n) is 6.49. The van der Waals surface area contributed by atoms with Crippen LogP contribution in [-0.2, 0) is 0 Å². The van der Waals surface area contributed by atoms with Crippen molar-refractivity contribution in [2.24, 2.45) is 17.3 Å². The SMILES string of the molecule is CC(C)N1CCC2CC2C2(CCC2)CC1. The van der Waals surface area contributed by atoms with Gasteiger partial charge in [0.15, 0.2) is 0 Å². The molecule has 0 aromatic rings. The maximum Gasteiger partial charge on any atom is 0.00385 e. The molecule has 1 aliphatic heterocycles. The van der Waals surface area contributed by atoms with Crippen LogP contribution < -0.4 is 0 Å². The fourth-order valence-corrected chi connectivity index (χ4v) is 4.08. The second-order valence-corrected chi connectivity index (χ2v) is 6.49. The van der Waals surface area contributed by atoms with Gasteiger partial charge in [-0.3, -0.25) is 0 Å². The monoisotopic (exact) mass is 207 g/mol. The molecule has 3 rings (SSSR count). The summed E-state index contributed by atoms with van der Waals surface area (Å²) in [4.78, 5) is 2.72. The molecule has 3 fully saturated rings. The van der Waals surface area contributed by atoms with Gasteiger partial charge in [0, 0.05) is 6.04 Å². The van der Waals surface area contributed by atoms with E-state index in [2.05, 4.69) is 18.7 Å². The van der Waals surface area contributed by atoms with Crippen molar-refractivity contribution in [2.75, 3.05) is 13.1 Å². The van der Waals surface area contributed by atoms with Crippen molar-refractivity contribution in [3.63, 3.8) is 0 Å². The largest absolute Gasteiger partial charge is 0.301 e. The van der Waals surface area contributed by atoms with E-state index in [1.807, 2.05) is 0 Å². The molecule has 0 bridgehead atoms. The highest BCUT2D eigenvalue weighted by atomic mass is 15.1. The molecule has 0 N–H and O–H groups in total. The Labute approximate surface area is 94.2 Å². The van der Waals surface area contributed by atoms with E-state index < -0.39 is 0 Å². The Balaban J connectivity index is 1.69. The number of hydrogen-bond donors (Lipinski definition) is 0. The molecule has 1 heterocycles. The van der Waals surface area contributed by atoms with E-state index in [0.29, 0.717) is 0 Å². The third-order valence-electron chi connectivity index (χ3n) is 5.47. The lowest BCUT2D eigenvalue weighted by molar-refractivity contribution is 0.0444. The Hall–Kier alpha value is -0.0400. The predicted octanol–water partition coefficient (Wildman–Crippen LogP) is 3.30. The van der Waals surface area contributed by atoms with E-state index in [-0.39, 0.29) is 0 Å². The van der Waals surface area contributed by atoms with Gasteiger partial charge < -0.3 is 4.90 Å². The average molecular weight is 207 g/mol. The molecule has 0 amide bonds. The highest BCUT2D eigenvalue weighted by Crippen LogP contribution is 2.63. The van der Waals surface area contributed by atoms with Crippen LogP contribution in [0.1, 0.15) is 52.4 Å². The molecule has 3 aliphatic rings. The molecular formula is C14H25N. The zero-order valence-electron chi connectivity index (χ0n) is 10.3. The highest BCUT2D eigenvalue weighted by molar-refractivity contribution is 5.05. The van der Waals surface area contributed by atoms with Crippen molar-refractivity contribution < 1.29 is 0 Å². The number of rotatable bonds is 1. The Morgan fingerprint density at radius 3 is 2.53 bits per heavy atom. The quantitative estimate of drug-likeness (QED) is 0.637. The molecule has 0 aromatic carbocycles. The molecule has 0 aromatic heterocycles. The fourth-order valence-electron chi connectivity index (χ4n) is 4.08. The Morgan fingerprint density at radius 2 is 1.93 bits per heavy atom. The Bertz CT molecular complexity index is 242. The summed E-state index contributed by atoms with van der Waals surface area (Å²) < 4.78 is 0. The van der Waals surface area contributed by atoms with Gasteiger partial charge in [0.1, 0.15) is 0 Å². The lowest BCUT2D eigenvalue weighted by atomic mass is 9.62. The summed E-state index contributed by atoms with van der Waals surface area (Å²) >= 11 is 0. The van der Waals surface area contributed by atoms with Gasteiger partial charge in [0.25, 0.3) is 0 Å². The average Bonchev–Trinajstić information content (AvgIpc) is 2.81. The first-order valence-electron chi connectivity index (χ1n) is 6.95. The molecule has 1 nitrogen and oxygen atoms in total. The zero-order chi connectivity index (χ0) is 10.5. The van der Waals surface area contributed by atoms with Gasteiger partial charge >= 0.3 is 0 Å². The maximum atomic E-state index is 2.72. The summed E-state index contributed by atoms with van der Waals surface area (Å²) in [6, 6.07) is 0.762. The van der Waals surface area contributed by atoms with E-state index in [4.69, 9.17) is 0 Å². The van der Waals surface area contributed by atoms with Gasteiger partial charge in [0.05, 0.1) is 0 Å². The molecular weight excluding hydrogens is 182 g/mol. The van der Waals surface area contributed by atoms with Crippen molar-refractivity contribution in [1.29, 1.82) is 0 Å². The molecule has 86 valence electrons. The first-order chi connectivity index (χ1) is 7.21. The third-order valence-corrected chi connectivity index (χ3v) is 5.47. The number of nitrogens with zero attached hydrogens (tertiary/aromatic N) is 1. The number of fused-ring (bicyclic) bond motifs is 2. The van der Waals surface area contributed by atoms with Crippen LogP contribution in [0.25, 0.3) is 0 Å². The lowest BCUT2D eigenvalue weighted by Crippen LogP contribution is -2.41. The maximum absolute atomic E-state index is 2.72. The summed E-state index contributed by atoms with van der Waals surface area (Å²) in [5.74, 6) is 2.27. The normalized spacial score (nSPS) is 39.4. The summed E-state index contributed by atoms with van der Waals surface area (Å²) in [5, 5.41) is 0. The summed E-state index contributed by atoms with van der Waals surface area (Å²) in [5.41, 5.74) is 0.832. The van der Waals surface area contributed by atoms with Crippen molar-refractivity contribution >= 4 is 0 Å².